The Hall–Kier alpha value is -7.74. The zero-order chi connectivity index (χ0) is 78.4. The summed E-state index contributed by atoms with van der Waals surface area (Å²) in [5.41, 5.74) is 6.76. The summed E-state index contributed by atoms with van der Waals surface area (Å²) in [5, 5.41) is 22.1. The van der Waals surface area contributed by atoms with Gasteiger partial charge in [-0.3, -0.25) is 29.1 Å². The summed E-state index contributed by atoms with van der Waals surface area (Å²) >= 11 is 0. The first-order valence-corrected chi connectivity index (χ1v) is 36.6. The van der Waals surface area contributed by atoms with Crippen molar-refractivity contribution < 1.29 is 127 Å². The van der Waals surface area contributed by atoms with E-state index in [1.54, 1.807) is 32.6 Å². The van der Waals surface area contributed by atoms with Gasteiger partial charge in [-0.25, -0.2) is 19.3 Å². The molecule has 9 aliphatic heterocycles. The molecule has 6 amide bonds. The van der Waals surface area contributed by atoms with Gasteiger partial charge in [0.05, 0.1) is 42.6 Å². The number of anilines is 4. The molecular weight excluding hydrogens is 1440 g/mol. The van der Waals surface area contributed by atoms with Crippen molar-refractivity contribution >= 4 is 107 Å². The standard InChI is InChI=1S/C19H24N2O3.C14H18BNO3.C14H18N2O.C14H16N2O.C12H18F3NO5S.C2HF3O2.B.Na.H/c1-12-5-8-16(21(11-12)18(23)24-19(2,3)4)13-6-7-15-14(9-13)10-17(22)20-15;1-13(2)14(3,4)19-15(18-13)10-5-6-11-9(7-10)8-12(17)16-11;2*1-9-2-4-12(15-8-9)10-3-5-13-11(6-10)7-14(17)16-13;1-8-5-6-9(21-22(18,19)12(13,14)15)16(7-8)10(17)20-11(2,3)4;3-2(4,5)1(6)7;;;/h6-9,12H,5,10-11H2,1-4H3,(H,20,22);5-7H,8H2,1-4H3,(H,16,17);3,5-6,9,12,15H,2,4,7-8H2,1H3,(H,16,17);3,5-6,9H,2,4,7-8H2,1H3,(H,16,17);6,8H,5,7H2,1-4H3;(H,6,7);;;/q;;;;;;;+1;-1. The number of nitrogens with zero attached hydrogens (tertiary/aromatic N) is 3. The Labute approximate surface area is 652 Å². The molecule has 9 heterocycles. The van der Waals surface area contributed by atoms with Crippen LogP contribution >= 0.6 is 0 Å². The number of aliphatic carboxylic acids is 1. The van der Waals surface area contributed by atoms with Crippen molar-refractivity contribution in [3.63, 3.8) is 0 Å². The zero-order valence-electron chi connectivity index (χ0n) is 64.7. The number of carboxylic acid groups (broad SMARTS) is 1. The maximum absolute atomic E-state index is 12.6. The number of carbonyl (C=O) groups excluding carboxylic acids is 6. The summed E-state index contributed by atoms with van der Waals surface area (Å²) in [6, 6.07) is 24.7. The average Bonchev–Trinajstić information content (AvgIpc) is 1.66. The summed E-state index contributed by atoms with van der Waals surface area (Å²) < 4.78 is 118. The minimum absolute atomic E-state index is 0. The number of fused-ring (bicyclic) bond motifs is 4. The fourth-order valence-electron chi connectivity index (χ4n) is 12.3. The predicted molar refractivity (Wildman–Crippen MR) is 396 cm³/mol. The molecule has 3 radical (unpaired) electrons. The van der Waals surface area contributed by atoms with Crippen LogP contribution in [0.3, 0.4) is 0 Å². The van der Waals surface area contributed by atoms with Crippen LogP contribution in [0.5, 0.6) is 0 Å². The number of benzene rings is 4. The van der Waals surface area contributed by atoms with Gasteiger partial charge in [-0.15, -0.1) is 0 Å². The molecule has 23 nitrogen and oxygen atoms in total. The van der Waals surface area contributed by atoms with Crippen molar-refractivity contribution in [2.24, 2.45) is 28.7 Å². The molecule has 2 saturated heterocycles. The number of amides is 6. The molecule has 13 rings (SSSR count). The third kappa shape index (κ3) is 24.4. The van der Waals surface area contributed by atoms with E-state index in [-0.39, 0.29) is 106 Å². The van der Waals surface area contributed by atoms with E-state index < -0.39 is 51.0 Å². The van der Waals surface area contributed by atoms with Gasteiger partial charge in [0, 0.05) is 62.6 Å². The Kier molecular flexibility index (Phi) is 29.7. The van der Waals surface area contributed by atoms with Crippen LogP contribution in [-0.4, -0.2) is 147 Å². The number of alkyl halides is 6. The summed E-state index contributed by atoms with van der Waals surface area (Å²) in [4.78, 5) is 86.1. The fourth-order valence-corrected chi connectivity index (χ4v) is 12.7. The van der Waals surface area contributed by atoms with E-state index in [1.807, 2.05) is 97.0 Å². The molecule has 4 aromatic rings. The first-order chi connectivity index (χ1) is 49.1. The minimum Gasteiger partial charge on any atom is -1.00 e. The monoisotopic (exact) mass is 1540 g/mol. The Balaban J connectivity index is 0.000000238. The van der Waals surface area contributed by atoms with Crippen LogP contribution < -0.4 is 61.6 Å². The van der Waals surface area contributed by atoms with Crippen LogP contribution in [0.25, 0.3) is 5.70 Å². The molecule has 33 heteroatoms. The van der Waals surface area contributed by atoms with Gasteiger partial charge in [0.1, 0.15) is 11.2 Å². The summed E-state index contributed by atoms with van der Waals surface area (Å²) in [5.74, 6) is -1.39. The number of hydrogen-bond acceptors (Lipinski definition) is 16. The van der Waals surface area contributed by atoms with Crippen LogP contribution in [-0.2, 0) is 82.7 Å². The van der Waals surface area contributed by atoms with Crippen LogP contribution in [0.15, 0.2) is 95.8 Å². The number of rotatable bonds is 6. The van der Waals surface area contributed by atoms with Crippen LogP contribution in [0.2, 0.25) is 0 Å². The van der Waals surface area contributed by atoms with Crippen LogP contribution in [0.4, 0.5) is 58.7 Å². The SMILES string of the molecule is CC1(C)OB(c2ccc3c(c2)CC(=O)N3)OC1(C)C.CC1CC=C(OS(=O)(=O)C(F)(F)F)N(C(=O)OC(C)(C)C)C1.CC1CC=C(c2ccc3c(c2)CC(=O)N3)N(C(=O)OC(C)(C)C)C1.CC1CCC(c2ccc3c(c2)CC(=O)N3)=NC1.CC1CCC(c2ccc3c(c2)CC(=O)N3)NC1.O=C(O)C(F)(F)F.[B].[H-].[Na+]. The first kappa shape index (κ1) is 89.2. The number of piperidine rings is 1. The number of hydrogen-bond donors (Lipinski definition) is 6. The number of allylic oxidation sites excluding steroid dienone is 2. The third-order valence-electron chi connectivity index (χ3n) is 18.6. The van der Waals surface area contributed by atoms with E-state index in [2.05, 4.69) is 86.9 Å². The molecule has 2 fully saturated rings. The normalized spacial score (nSPS) is 21.5. The summed E-state index contributed by atoms with van der Waals surface area (Å²) in [6.07, 6.45) is 4.65. The molecule has 108 heavy (non-hydrogen) atoms. The number of nitrogens with one attached hydrogen (secondary N) is 5. The van der Waals surface area contributed by atoms with Gasteiger partial charge >= 0.3 is 76.6 Å². The maximum atomic E-state index is 12.6. The Morgan fingerprint density at radius 2 is 1.04 bits per heavy atom. The second-order valence-corrected chi connectivity index (χ2v) is 32.5. The third-order valence-corrected chi connectivity index (χ3v) is 19.5. The molecule has 6 N–H and O–H groups in total. The molecule has 0 aliphatic carbocycles. The van der Waals surface area contributed by atoms with Gasteiger partial charge in [-0.1, -0.05) is 70.2 Å². The van der Waals surface area contributed by atoms with Gasteiger partial charge in [0.25, 0.3) is 0 Å². The molecule has 0 aromatic heterocycles. The Morgan fingerprint density at radius 3 is 1.49 bits per heavy atom. The minimum atomic E-state index is -5.84. The molecule has 0 spiro atoms. The number of carboxylic acids is 1. The largest absolute Gasteiger partial charge is 1.00 e. The molecule has 9 aliphatic rings. The molecule has 5 atom stereocenters. The number of ether oxygens (including phenoxy) is 2. The van der Waals surface area contributed by atoms with E-state index in [0.29, 0.717) is 50.1 Å². The molecular formula is C75H96B2F6N8NaO15S. The van der Waals surface area contributed by atoms with Crippen molar-refractivity contribution in [3.05, 3.63) is 130 Å². The second-order valence-electron chi connectivity index (χ2n) is 30.9. The molecule has 581 valence electrons. The van der Waals surface area contributed by atoms with E-state index in [0.717, 1.165) is 105 Å². The van der Waals surface area contributed by atoms with Gasteiger partial charge in [-0.05, 0) is 225 Å². The molecule has 5 unspecified atom stereocenters. The van der Waals surface area contributed by atoms with Crippen molar-refractivity contribution in [2.75, 3.05) is 47.4 Å². The maximum Gasteiger partial charge on any atom is 1.00 e. The predicted octanol–water partition coefficient (Wildman–Crippen LogP) is 10.3. The zero-order valence-corrected chi connectivity index (χ0v) is 66.5. The fraction of sp³-hybridized carbons (Fsp3) is 0.520. The van der Waals surface area contributed by atoms with E-state index in [4.69, 9.17) is 28.7 Å². The van der Waals surface area contributed by atoms with E-state index >= 15 is 0 Å². The average molecular weight is 1540 g/mol. The smallest absolute Gasteiger partial charge is 1.00 e. The second kappa shape index (κ2) is 36.0. The van der Waals surface area contributed by atoms with Crippen molar-refractivity contribution in [2.45, 2.75) is 201 Å². The van der Waals surface area contributed by atoms with E-state index in [9.17, 15) is 63.5 Å². The quantitative estimate of drug-likeness (QED) is 0.0453. The number of aliphatic imine (C=N–C) groups is 1. The van der Waals surface area contributed by atoms with Crippen molar-refractivity contribution in [1.29, 1.82) is 0 Å². The number of halogens is 6. The van der Waals surface area contributed by atoms with Gasteiger partial charge in [0.2, 0.25) is 29.5 Å². The topological polar surface area (TPSA) is 299 Å². The summed E-state index contributed by atoms with van der Waals surface area (Å²) in [7, 11) is -6.21. The number of carbonyl (C=O) groups is 7. The van der Waals surface area contributed by atoms with Crippen molar-refractivity contribution in [1.82, 2.24) is 15.1 Å². The first-order valence-electron chi connectivity index (χ1n) is 35.2. The van der Waals surface area contributed by atoms with Crippen molar-refractivity contribution in [3.8, 4) is 0 Å². The molecule has 0 saturated carbocycles. The Morgan fingerprint density at radius 1 is 0.602 bits per heavy atom. The van der Waals surface area contributed by atoms with Gasteiger partial charge in [-0.2, -0.15) is 34.8 Å². The van der Waals surface area contributed by atoms with E-state index in [1.165, 1.54) is 36.1 Å². The van der Waals surface area contributed by atoms with Gasteiger partial charge in [0.15, 0.2) is 0 Å². The molecule has 4 aromatic carbocycles. The van der Waals surface area contributed by atoms with Crippen LogP contribution in [0.1, 0.15) is 182 Å². The Bertz CT molecular complexity index is 4200. The van der Waals surface area contributed by atoms with Gasteiger partial charge < -0.3 is 56.1 Å². The van der Waals surface area contributed by atoms with Crippen LogP contribution in [0, 0.1) is 23.7 Å². The molecule has 0 bridgehead atoms. The summed E-state index contributed by atoms with van der Waals surface area (Å²) in [6.45, 7) is 29.5.